The Balaban J connectivity index is 2.71. The Kier molecular flexibility index (Phi) is 3.59. The lowest BCUT2D eigenvalue weighted by Crippen LogP contribution is -2.06. The van der Waals surface area contributed by atoms with Gasteiger partial charge in [0.25, 0.3) is 0 Å². The van der Waals surface area contributed by atoms with Gasteiger partial charge < -0.3 is 10.8 Å². The number of benzene rings is 1. The van der Waals surface area contributed by atoms with Crippen molar-refractivity contribution in [2.75, 3.05) is 5.73 Å². The molecular formula is C13H9ClF2N2O2. The first kappa shape index (κ1) is 14.2. The highest BCUT2D eigenvalue weighted by atomic mass is 35.5. The molecule has 2 rings (SSSR count). The van der Waals surface area contributed by atoms with E-state index in [1.807, 2.05) is 0 Å². The summed E-state index contributed by atoms with van der Waals surface area (Å²) in [5.41, 5.74) is 4.83. The van der Waals surface area contributed by atoms with Crippen LogP contribution in [0.3, 0.4) is 0 Å². The average Bonchev–Trinajstić information content (AvgIpc) is 2.39. The molecule has 0 atom stereocenters. The highest BCUT2D eigenvalue weighted by Gasteiger charge is 2.19. The van der Waals surface area contributed by atoms with Crippen molar-refractivity contribution in [3.63, 3.8) is 0 Å². The van der Waals surface area contributed by atoms with E-state index in [0.717, 1.165) is 0 Å². The fourth-order valence-corrected chi connectivity index (χ4v) is 1.85. The van der Waals surface area contributed by atoms with Crippen molar-refractivity contribution in [3.8, 4) is 11.3 Å². The number of rotatable bonds is 2. The predicted octanol–water partition coefficient (Wildman–Crippen LogP) is 3.27. The minimum Gasteiger partial charge on any atom is -0.476 e. The van der Waals surface area contributed by atoms with Crippen molar-refractivity contribution in [1.82, 2.24) is 4.98 Å². The molecule has 0 unspecified atom stereocenters. The monoisotopic (exact) mass is 298 g/mol. The van der Waals surface area contributed by atoms with Crippen molar-refractivity contribution in [2.24, 2.45) is 0 Å². The van der Waals surface area contributed by atoms with E-state index < -0.39 is 23.3 Å². The number of pyridine rings is 1. The quantitative estimate of drug-likeness (QED) is 0.892. The number of halogens is 3. The SMILES string of the molecule is Cc1ccc(-c2cc(N)c(Cl)c(C(=O)O)n2)c(F)c1F. The molecule has 0 aliphatic heterocycles. The summed E-state index contributed by atoms with van der Waals surface area (Å²) >= 11 is 5.71. The molecule has 1 aromatic heterocycles. The van der Waals surface area contributed by atoms with Gasteiger partial charge in [0.1, 0.15) is 0 Å². The Labute approximate surface area is 117 Å². The third-order valence-corrected chi connectivity index (χ3v) is 3.14. The number of hydrogen-bond acceptors (Lipinski definition) is 3. The van der Waals surface area contributed by atoms with Crippen LogP contribution in [0.5, 0.6) is 0 Å². The first-order valence-corrected chi connectivity index (χ1v) is 5.85. The molecule has 2 aromatic rings. The normalized spacial score (nSPS) is 10.6. The zero-order valence-electron chi connectivity index (χ0n) is 10.2. The number of nitrogens with zero attached hydrogens (tertiary/aromatic N) is 1. The highest BCUT2D eigenvalue weighted by molar-refractivity contribution is 6.35. The van der Waals surface area contributed by atoms with E-state index in [1.54, 1.807) is 0 Å². The van der Waals surface area contributed by atoms with E-state index >= 15 is 0 Å². The summed E-state index contributed by atoms with van der Waals surface area (Å²) < 4.78 is 27.4. The standard InChI is InChI=1S/C13H9ClF2N2O2/c1-5-2-3-6(11(16)10(5)15)8-4-7(17)9(14)12(18-8)13(19)20/h2-4H,1H3,(H2,17,18)(H,19,20). The second-order valence-corrected chi connectivity index (χ2v) is 4.50. The number of anilines is 1. The van der Waals surface area contributed by atoms with Crippen molar-refractivity contribution < 1.29 is 18.7 Å². The van der Waals surface area contributed by atoms with Gasteiger partial charge in [-0.15, -0.1) is 0 Å². The smallest absolute Gasteiger partial charge is 0.356 e. The van der Waals surface area contributed by atoms with E-state index in [-0.39, 0.29) is 27.5 Å². The maximum absolute atomic E-state index is 13.9. The largest absolute Gasteiger partial charge is 0.476 e. The van der Waals surface area contributed by atoms with Crippen LogP contribution in [-0.4, -0.2) is 16.1 Å². The van der Waals surface area contributed by atoms with Gasteiger partial charge in [-0.05, 0) is 24.6 Å². The van der Waals surface area contributed by atoms with Gasteiger partial charge in [0, 0.05) is 5.56 Å². The van der Waals surface area contributed by atoms with Gasteiger partial charge in [-0.3, -0.25) is 0 Å². The molecule has 0 saturated heterocycles. The lowest BCUT2D eigenvalue weighted by atomic mass is 10.1. The van der Waals surface area contributed by atoms with E-state index in [9.17, 15) is 13.6 Å². The molecule has 0 bridgehead atoms. The number of carboxylic acids is 1. The Hall–Kier alpha value is -2.21. The Morgan fingerprint density at radius 3 is 2.60 bits per heavy atom. The number of aromatic carboxylic acids is 1. The minimum atomic E-state index is -1.41. The van der Waals surface area contributed by atoms with Crippen LogP contribution in [0.25, 0.3) is 11.3 Å². The van der Waals surface area contributed by atoms with Crippen LogP contribution in [0.15, 0.2) is 18.2 Å². The first-order valence-electron chi connectivity index (χ1n) is 5.47. The summed E-state index contributed by atoms with van der Waals surface area (Å²) in [6.45, 7) is 1.41. The number of carbonyl (C=O) groups is 1. The Morgan fingerprint density at radius 2 is 2.00 bits per heavy atom. The molecule has 7 heteroatoms. The van der Waals surface area contributed by atoms with Crippen LogP contribution in [0.1, 0.15) is 16.1 Å². The second-order valence-electron chi connectivity index (χ2n) is 4.12. The van der Waals surface area contributed by atoms with Crippen LogP contribution in [-0.2, 0) is 0 Å². The number of aromatic nitrogens is 1. The van der Waals surface area contributed by atoms with Gasteiger partial charge in [-0.2, -0.15) is 0 Å². The predicted molar refractivity (Wildman–Crippen MR) is 70.7 cm³/mol. The fraction of sp³-hybridized carbons (Fsp3) is 0.0769. The molecular weight excluding hydrogens is 290 g/mol. The van der Waals surface area contributed by atoms with E-state index in [2.05, 4.69) is 4.98 Å². The molecule has 0 radical (unpaired) electrons. The van der Waals surface area contributed by atoms with Crippen LogP contribution in [0, 0.1) is 18.6 Å². The average molecular weight is 299 g/mol. The third-order valence-electron chi connectivity index (χ3n) is 2.74. The molecule has 0 aliphatic carbocycles. The van der Waals surface area contributed by atoms with Gasteiger partial charge in [0.05, 0.1) is 16.4 Å². The van der Waals surface area contributed by atoms with Gasteiger partial charge in [-0.25, -0.2) is 18.6 Å². The van der Waals surface area contributed by atoms with Crippen molar-refractivity contribution in [1.29, 1.82) is 0 Å². The van der Waals surface area contributed by atoms with E-state index in [1.165, 1.54) is 25.1 Å². The van der Waals surface area contributed by atoms with Gasteiger partial charge >= 0.3 is 5.97 Å². The summed E-state index contributed by atoms with van der Waals surface area (Å²) in [5, 5.41) is 8.72. The van der Waals surface area contributed by atoms with E-state index in [4.69, 9.17) is 22.4 Å². The lowest BCUT2D eigenvalue weighted by molar-refractivity contribution is 0.0691. The number of nitrogen functional groups attached to an aromatic ring is 1. The summed E-state index contributed by atoms with van der Waals surface area (Å²) in [7, 11) is 0. The summed E-state index contributed by atoms with van der Waals surface area (Å²) in [5.74, 6) is -3.54. The minimum absolute atomic E-state index is 0.0746. The number of nitrogens with two attached hydrogens (primary N) is 1. The maximum Gasteiger partial charge on any atom is 0.356 e. The van der Waals surface area contributed by atoms with E-state index in [0.29, 0.717) is 0 Å². The molecule has 1 heterocycles. The van der Waals surface area contributed by atoms with Crippen molar-refractivity contribution in [3.05, 3.63) is 46.1 Å². The summed E-state index contributed by atoms with van der Waals surface area (Å²) in [4.78, 5) is 14.7. The second kappa shape index (κ2) is 5.05. The Morgan fingerprint density at radius 1 is 1.35 bits per heavy atom. The summed E-state index contributed by atoms with van der Waals surface area (Å²) in [6.07, 6.45) is 0. The number of carboxylic acid groups (broad SMARTS) is 1. The molecule has 4 nitrogen and oxygen atoms in total. The lowest BCUT2D eigenvalue weighted by Gasteiger charge is -2.09. The molecule has 3 N–H and O–H groups in total. The Bertz CT molecular complexity index is 720. The molecule has 0 spiro atoms. The van der Waals surface area contributed by atoms with Crippen LogP contribution >= 0.6 is 11.6 Å². The van der Waals surface area contributed by atoms with Crippen LogP contribution in [0.2, 0.25) is 5.02 Å². The maximum atomic E-state index is 13.9. The van der Waals surface area contributed by atoms with Crippen molar-refractivity contribution in [2.45, 2.75) is 6.92 Å². The number of aryl methyl sites for hydroxylation is 1. The molecule has 104 valence electrons. The zero-order valence-corrected chi connectivity index (χ0v) is 11.0. The molecule has 0 saturated carbocycles. The molecule has 1 aromatic carbocycles. The summed E-state index contributed by atoms with van der Waals surface area (Å²) in [6, 6.07) is 3.86. The van der Waals surface area contributed by atoms with Gasteiger partial charge in [-0.1, -0.05) is 17.7 Å². The van der Waals surface area contributed by atoms with Crippen molar-refractivity contribution >= 4 is 23.3 Å². The number of hydrogen-bond donors (Lipinski definition) is 2. The van der Waals surface area contributed by atoms with Gasteiger partial charge in [0.15, 0.2) is 17.3 Å². The fourth-order valence-electron chi connectivity index (χ4n) is 1.67. The molecule has 0 aliphatic rings. The third kappa shape index (κ3) is 2.30. The van der Waals surface area contributed by atoms with Crippen LogP contribution < -0.4 is 5.73 Å². The molecule has 20 heavy (non-hydrogen) atoms. The topological polar surface area (TPSA) is 76.2 Å². The zero-order chi connectivity index (χ0) is 15.0. The first-order chi connectivity index (χ1) is 9.32. The molecule has 0 fully saturated rings. The highest BCUT2D eigenvalue weighted by Crippen LogP contribution is 2.30. The molecule has 0 amide bonds. The van der Waals surface area contributed by atoms with Gasteiger partial charge in [0.2, 0.25) is 0 Å². The van der Waals surface area contributed by atoms with Crippen LogP contribution in [0.4, 0.5) is 14.5 Å².